The topological polar surface area (TPSA) is 78.9 Å². The van der Waals surface area contributed by atoms with E-state index in [-0.39, 0.29) is 31.1 Å². The zero-order valence-electron chi connectivity index (χ0n) is 47.5. The molecule has 0 bridgehead atoms. The fraction of sp³-hybridized carbons (Fsp3) is 0.831. The van der Waals surface area contributed by atoms with E-state index >= 15 is 0 Å². The number of hydrogen-bond acceptors (Lipinski definition) is 6. The highest BCUT2D eigenvalue weighted by atomic mass is 16.6. The maximum Gasteiger partial charge on any atom is 0.306 e. The molecular formula is C65H118O6. The van der Waals surface area contributed by atoms with Gasteiger partial charge < -0.3 is 14.2 Å². The van der Waals surface area contributed by atoms with Gasteiger partial charge in [-0.3, -0.25) is 14.4 Å². The predicted molar refractivity (Wildman–Crippen MR) is 307 cm³/mol. The van der Waals surface area contributed by atoms with Gasteiger partial charge in [-0.1, -0.05) is 262 Å². The first kappa shape index (κ1) is 68.4. The molecule has 0 rings (SSSR count). The Kier molecular flexibility index (Phi) is 57.7. The van der Waals surface area contributed by atoms with Crippen molar-refractivity contribution >= 4 is 17.9 Å². The molecule has 0 aromatic heterocycles. The molecular weight excluding hydrogens is 877 g/mol. The molecule has 0 saturated heterocycles. The molecule has 0 aromatic carbocycles. The van der Waals surface area contributed by atoms with E-state index in [0.29, 0.717) is 19.3 Å². The fourth-order valence-electron chi connectivity index (χ4n) is 9.04. The lowest BCUT2D eigenvalue weighted by atomic mass is 10.0. The summed E-state index contributed by atoms with van der Waals surface area (Å²) in [6, 6.07) is 0. The second kappa shape index (κ2) is 59.9. The van der Waals surface area contributed by atoms with Gasteiger partial charge in [0, 0.05) is 19.3 Å². The van der Waals surface area contributed by atoms with E-state index in [1.54, 1.807) is 0 Å². The lowest BCUT2D eigenvalue weighted by Gasteiger charge is -2.18. The maximum atomic E-state index is 12.8. The van der Waals surface area contributed by atoms with E-state index in [2.05, 4.69) is 69.4 Å². The Labute approximate surface area is 441 Å². The van der Waals surface area contributed by atoms with Gasteiger partial charge >= 0.3 is 17.9 Å². The van der Waals surface area contributed by atoms with Crippen molar-refractivity contribution in [2.24, 2.45) is 0 Å². The number of hydrogen-bond donors (Lipinski definition) is 0. The minimum absolute atomic E-state index is 0.0791. The Morgan fingerprint density at radius 2 is 0.521 bits per heavy atom. The first-order chi connectivity index (χ1) is 35.0. The summed E-state index contributed by atoms with van der Waals surface area (Å²) in [6.07, 6.45) is 74.1. The van der Waals surface area contributed by atoms with Crippen molar-refractivity contribution in [3.05, 3.63) is 48.6 Å². The second-order valence-electron chi connectivity index (χ2n) is 21.0. The molecule has 0 N–H and O–H groups in total. The summed E-state index contributed by atoms with van der Waals surface area (Å²) in [7, 11) is 0. The van der Waals surface area contributed by atoms with Crippen molar-refractivity contribution in [1.29, 1.82) is 0 Å². The highest BCUT2D eigenvalue weighted by Crippen LogP contribution is 2.17. The summed E-state index contributed by atoms with van der Waals surface area (Å²) < 4.78 is 16.9. The van der Waals surface area contributed by atoms with Crippen LogP contribution in [0.15, 0.2) is 48.6 Å². The van der Waals surface area contributed by atoms with Gasteiger partial charge in [0.05, 0.1) is 0 Å². The molecule has 71 heavy (non-hydrogen) atoms. The van der Waals surface area contributed by atoms with Crippen LogP contribution in [0.3, 0.4) is 0 Å². The minimum atomic E-state index is -0.782. The summed E-state index contributed by atoms with van der Waals surface area (Å²) in [4.78, 5) is 38.1. The van der Waals surface area contributed by atoms with Crippen molar-refractivity contribution in [1.82, 2.24) is 0 Å². The van der Waals surface area contributed by atoms with Gasteiger partial charge in [-0.25, -0.2) is 0 Å². The number of unbranched alkanes of at least 4 members (excludes halogenated alkanes) is 38. The molecule has 6 heteroatoms. The van der Waals surface area contributed by atoms with Crippen molar-refractivity contribution in [3.63, 3.8) is 0 Å². The molecule has 0 aliphatic rings. The third-order valence-corrected chi connectivity index (χ3v) is 13.8. The fourth-order valence-corrected chi connectivity index (χ4v) is 9.04. The number of ether oxygens (including phenoxy) is 3. The third-order valence-electron chi connectivity index (χ3n) is 13.8. The lowest BCUT2D eigenvalue weighted by molar-refractivity contribution is -0.167. The summed E-state index contributed by atoms with van der Waals surface area (Å²) in [5, 5.41) is 0. The largest absolute Gasteiger partial charge is 0.462 e. The van der Waals surface area contributed by atoms with Crippen LogP contribution in [0.5, 0.6) is 0 Å². The van der Waals surface area contributed by atoms with Crippen molar-refractivity contribution < 1.29 is 28.6 Å². The average molecular weight is 996 g/mol. The maximum absolute atomic E-state index is 12.8. The lowest BCUT2D eigenvalue weighted by Crippen LogP contribution is -2.30. The van der Waals surface area contributed by atoms with Crippen LogP contribution in [-0.2, 0) is 28.6 Å². The smallest absolute Gasteiger partial charge is 0.306 e. The highest BCUT2D eigenvalue weighted by molar-refractivity contribution is 5.71. The molecule has 0 aromatic rings. The molecule has 0 amide bonds. The zero-order chi connectivity index (χ0) is 51.4. The summed E-state index contributed by atoms with van der Waals surface area (Å²) in [5.41, 5.74) is 0. The summed E-state index contributed by atoms with van der Waals surface area (Å²) in [6.45, 7) is 6.59. The van der Waals surface area contributed by atoms with Gasteiger partial charge in [0.1, 0.15) is 13.2 Å². The quantitative estimate of drug-likeness (QED) is 0.0261. The van der Waals surface area contributed by atoms with Crippen LogP contribution in [0.1, 0.15) is 329 Å². The third kappa shape index (κ3) is 58.1. The number of carbonyl (C=O) groups excluding carboxylic acids is 3. The van der Waals surface area contributed by atoms with Crippen LogP contribution in [0.25, 0.3) is 0 Å². The predicted octanol–water partition coefficient (Wildman–Crippen LogP) is 21.0. The molecule has 414 valence electrons. The number of carbonyl (C=O) groups is 3. The molecule has 0 fully saturated rings. The van der Waals surface area contributed by atoms with Crippen LogP contribution in [0.2, 0.25) is 0 Å². The summed E-state index contributed by atoms with van der Waals surface area (Å²) in [5.74, 6) is -0.889. The minimum Gasteiger partial charge on any atom is -0.462 e. The Hall–Kier alpha value is -2.63. The molecule has 1 atom stereocenters. The van der Waals surface area contributed by atoms with Crippen molar-refractivity contribution in [2.45, 2.75) is 335 Å². The number of rotatable bonds is 57. The van der Waals surface area contributed by atoms with Crippen molar-refractivity contribution in [3.8, 4) is 0 Å². The van der Waals surface area contributed by atoms with E-state index in [1.807, 2.05) is 0 Å². The number of esters is 3. The molecule has 0 saturated carbocycles. The number of allylic oxidation sites excluding steroid dienone is 8. The molecule has 0 radical (unpaired) electrons. The van der Waals surface area contributed by atoms with Gasteiger partial charge in [-0.05, 0) is 96.3 Å². The zero-order valence-corrected chi connectivity index (χ0v) is 47.5. The van der Waals surface area contributed by atoms with Gasteiger partial charge in [0.2, 0.25) is 0 Å². The van der Waals surface area contributed by atoms with Crippen LogP contribution in [-0.4, -0.2) is 37.2 Å². The van der Waals surface area contributed by atoms with Gasteiger partial charge in [-0.15, -0.1) is 0 Å². The van der Waals surface area contributed by atoms with E-state index in [0.717, 1.165) is 89.9 Å². The molecule has 6 nitrogen and oxygen atoms in total. The van der Waals surface area contributed by atoms with Crippen LogP contribution in [0, 0.1) is 0 Å². The standard InChI is InChI=1S/C65H118O6/c1-4-7-10-13-16-19-22-24-26-27-28-29-30-31-32-33-34-35-36-37-39-40-43-46-49-52-55-58-64(67)70-61-62(60-69-63(66)57-54-51-48-45-42-21-18-15-12-9-6-3)71-65(68)59-56-53-50-47-44-41-38-25-23-20-17-14-11-8-5-2/h15,17-18,20,25,27-28,38,62H,4-14,16,19,21-24,26,29-37,39-61H2,1-3H3/b18-15-,20-17-,28-27-,38-25-. The normalized spacial score (nSPS) is 12.3. The molecule has 0 heterocycles. The van der Waals surface area contributed by atoms with Gasteiger partial charge in [0.25, 0.3) is 0 Å². The Balaban J connectivity index is 4.18. The van der Waals surface area contributed by atoms with Gasteiger partial charge in [0.15, 0.2) is 6.10 Å². The average Bonchev–Trinajstić information content (AvgIpc) is 3.37. The first-order valence-corrected chi connectivity index (χ1v) is 31.1. The Bertz CT molecular complexity index is 1230. The van der Waals surface area contributed by atoms with E-state index < -0.39 is 6.10 Å². The SMILES string of the molecule is CCCC/C=C\CCCCCCCC(=O)OCC(COC(=O)CCCCCCCCCCCCCCCCC/C=C\CCCCCCCCCC)OC(=O)CCCCCCC/C=C\C/C=C\CCCCC. The molecule has 0 aliphatic heterocycles. The molecule has 1 unspecified atom stereocenters. The summed E-state index contributed by atoms with van der Waals surface area (Å²) >= 11 is 0. The van der Waals surface area contributed by atoms with E-state index in [4.69, 9.17) is 14.2 Å². The van der Waals surface area contributed by atoms with Crippen molar-refractivity contribution in [2.75, 3.05) is 13.2 Å². The van der Waals surface area contributed by atoms with Crippen LogP contribution in [0.4, 0.5) is 0 Å². The Morgan fingerprint density at radius 1 is 0.282 bits per heavy atom. The highest BCUT2D eigenvalue weighted by Gasteiger charge is 2.19. The second-order valence-corrected chi connectivity index (χ2v) is 21.0. The first-order valence-electron chi connectivity index (χ1n) is 31.1. The Morgan fingerprint density at radius 3 is 0.859 bits per heavy atom. The van der Waals surface area contributed by atoms with Crippen LogP contribution < -0.4 is 0 Å². The van der Waals surface area contributed by atoms with Gasteiger partial charge in [-0.2, -0.15) is 0 Å². The van der Waals surface area contributed by atoms with Crippen LogP contribution >= 0.6 is 0 Å². The van der Waals surface area contributed by atoms with E-state index in [9.17, 15) is 14.4 Å². The molecule has 0 aliphatic carbocycles. The van der Waals surface area contributed by atoms with E-state index in [1.165, 1.54) is 199 Å². The monoisotopic (exact) mass is 995 g/mol. The molecule has 0 spiro atoms.